The molecule has 0 heterocycles. The van der Waals surface area contributed by atoms with Gasteiger partial charge in [0.1, 0.15) is 3.74 Å². The van der Waals surface area contributed by atoms with Crippen molar-refractivity contribution in [3.05, 3.63) is 69.8 Å². The summed E-state index contributed by atoms with van der Waals surface area (Å²) >= 11 is 6.32. The summed E-state index contributed by atoms with van der Waals surface area (Å²) in [6, 6.07) is 11.9. The molecule has 0 saturated carbocycles. The van der Waals surface area contributed by atoms with Crippen molar-refractivity contribution in [2.24, 2.45) is 0 Å². The van der Waals surface area contributed by atoms with E-state index in [9.17, 15) is 19.7 Å². The Bertz CT molecular complexity index is 823. The molecule has 0 bridgehead atoms. The number of ether oxygens (including phenoxy) is 1. The van der Waals surface area contributed by atoms with Gasteiger partial charge in [0.2, 0.25) is 5.78 Å². The molecule has 142 valence electrons. The summed E-state index contributed by atoms with van der Waals surface area (Å²) in [5.74, 6) is -0.474. The van der Waals surface area contributed by atoms with Crippen LogP contribution in [0.15, 0.2) is 48.5 Å². The molecule has 9 heteroatoms. The molecule has 0 aliphatic rings. The van der Waals surface area contributed by atoms with E-state index in [0.717, 1.165) is 0 Å². The molecular formula is C18H16Br2N2O5. The Hall–Kier alpha value is -2.10. The van der Waals surface area contributed by atoms with E-state index in [0.29, 0.717) is 23.4 Å². The number of ketones is 2. The van der Waals surface area contributed by atoms with Gasteiger partial charge in [-0.15, -0.1) is 0 Å². The predicted molar refractivity (Wildman–Crippen MR) is 109 cm³/mol. The maximum absolute atomic E-state index is 12.7. The van der Waals surface area contributed by atoms with E-state index in [-0.39, 0.29) is 17.3 Å². The summed E-state index contributed by atoms with van der Waals surface area (Å²) in [6.07, 6.45) is -0.960. The number of nitrogens with zero attached hydrogens (tertiary/aromatic N) is 1. The van der Waals surface area contributed by atoms with Crippen molar-refractivity contribution < 1.29 is 19.2 Å². The molecule has 0 radical (unpaired) electrons. The topological polar surface area (TPSA) is 98.5 Å². The van der Waals surface area contributed by atoms with Crippen LogP contribution in [0.4, 0.5) is 11.4 Å². The first kappa shape index (κ1) is 21.2. The van der Waals surface area contributed by atoms with Gasteiger partial charge in [0.05, 0.1) is 4.92 Å². The highest BCUT2D eigenvalue weighted by Gasteiger charge is 2.21. The summed E-state index contributed by atoms with van der Waals surface area (Å²) in [5, 5.41) is 13.7. The van der Waals surface area contributed by atoms with Crippen molar-refractivity contribution in [1.29, 1.82) is 0 Å². The van der Waals surface area contributed by atoms with Crippen molar-refractivity contribution in [3.8, 4) is 0 Å². The summed E-state index contributed by atoms with van der Waals surface area (Å²) < 4.78 is 5.01. The van der Waals surface area contributed by atoms with E-state index in [1.807, 2.05) is 0 Å². The molecule has 27 heavy (non-hydrogen) atoms. The molecule has 0 spiro atoms. The minimum absolute atomic E-state index is 0.0930. The van der Waals surface area contributed by atoms with E-state index in [1.165, 1.54) is 24.3 Å². The Morgan fingerprint density at radius 3 is 2.04 bits per heavy atom. The van der Waals surface area contributed by atoms with Crippen molar-refractivity contribution in [2.45, 2.75) is 16.9 Å². The van der Waals surface area contributed by atoms with Crippen LogP contribution in [-0.2, 0) is 4.74 Å². The van der Waals surface area contributed by atoms with Crippen molar-refractivity contribution in [3.63, 3.8) is 0 Å². The third-order valence-corrected chi connectivity index (χ3v) is 4.43. The lowest BCUT2D eigenvalue weighted by molar-refractivity contribution is -0.384. The molecule has 1 N–H and O–H groups in total. The largest absolute Gasteiger partial charge is 0.354 e. The van der Waals surface area contributed by atoms with Crippen molar-refractivity contribution in [1.82, 2.24) is 0 Å². The number of halogens is 2. The molecule has 0 saturated heterocycles. The molecule has 2 rings (SSSR count). The number of Topliss-reactive ketones (excluding diaryl/α,β-unsaturated/α-hetero) is 2. The van der Waals surface area contributed by atoms with Crippen molar-refractivity contribution >= 4 is 54.8 Å². The maximum Gasteiger partial charge on any atom is 0.269 e. The van der Waals surface area contributed by atoms with Crippen LogP contribution < -0.4 is 5.32 Å². The fraction of sp³-hybridized carbons (Fsp3) is 0.222. The molecule has 2 aromatic carbocycles. The average Bonchev–Trinajstić information content (AvgIpc) is 2.67. The van der Waals surface area contributed by atoms with Crippen LogP contribution in [0, 0.1) is 10.1 Å². The monoisotopic (exact) mass is 498 g/mol. The van der Waals surface area contributed by atoms with Gasteiger partial charge in [0.15, 0.2) is 12.0 Å². The summed E-state index contributed by atoms with van der Waals surface area (Å²) in [5.41, 5.74) is 1.30. The van der Waals surface area contributed by atoms with E-state index in [2.05, 4.69) is 37.2 Å². The highest BCUT2D eigenvalue weighted by Crippen LogP contribution is 2.19. The van der Waals surface area contributed by atoms with Gasteiger partial charge in [-0.05, 0) is 43.3 Å². The number of carbonyl (C=O) groups is 2. The summed E-state index contributed by atoms with van der Waals surface area (Å²) in [7, 11) is 0. The predicted octanol–water partition coefficient (Wildman–Crippen LogP) is 4.55. The van der Waals surface area contributed by atoms with Gasteiger partial charge in [0.25, 0.3) is 5.69 Å². The molecule has 2 aromatic rings. The van der Waals surface area contributed by atoms with Crippen LogP contribution in [0.2, 0.25) is 0 Å². The lowest BCUT2D eigenvalue weighted by Gasteiger charge is -2.19. The van der Waals surface area contributed by atoms with Gasteiger partial charge >= 0.3 is 0 Å². The van der Waals surface area contributed by atoms with E-state index < -0.39 is 14.9 Å². The Balaban J connectivity index is 2.15. The highest BCUT2D eigenvalue weighted by molar-refractivity contribution is 9.25. The van der Waals surface area contributed by atoms with Gasteiger partial charge in [-0.2, -0.15) is 0 Å². The molecule has 0 aromatic heterocycles. The van der Waals surface area contributed by atoms with Gasteiger partial charge < -0.3 is 10.1 Å². The number of nitrogens with one attached hydrogen (secondary N) is 1. The lowest BCUT2D eigenvalue weighted by atomic mass is 10.1. The Morgan fingerprint density at radius 2 is 1.56 bits per heavy atom. The van der Waals surface area contributed by atoms with Crippen LogP contribution >= 0.6 is 31.9 Å². The zero-order valence-corrected chi connectivity index (χ0v) is 17.4. The molecule has 0 aliphatic heterocycles. The first-order valence-corrected chi connectivity index (χ1v) is 9.76. The van der Waals surface area contributed by atoms with Crippen LogP contribution in [0.5, 0.6) is 0 Å². The smallest absolute Gasteiger partial charge is 0.269 e. The molecule has 0 amide bonds. The van der Waals surface area contributed by atoms with Crippen molar-refractivity contribution in [2.75, 3.05) is 11.9 Å². The Morgan fingerprint density at radius 1 is 1.04 bits per heavy atom. The first-order chi connectivity index (χ1) is 12.8. The molecule has 1 unspecified atom stereocenters. The number of hydrogen-bond donors (Lipinski definition) is 1. The number of hydrogen-bond acceptors (Lipinski definition) is 6. The quantitative estimate of drug-likeness (QED) is 0.178. The third-order valence-electron chi connectivity index (χ3n) is 3.60. The number of non-ortho nitro benzene ring substituents is 1. The number of alkyl halides is 2. The normalized spacial score (nSPS) is 11.9. The number of anilines is 1. The third kappa shape index (κ3) is 5.69. The minimum atomic E-state index is -0.960. The molecule has 0 fully saturated rings. The highest BCUT2D eigenvalue weighted by atomic mass is 79.9. The first-order valence-electron chi connectivity index (χ1n) is 7.92. The number of nitro benzene ring substituents is 1. The van der Waals surface area contributed by atoms with Gasteiger partial charge in [-0.3, -0.25) is 19.7 Å². The zero-order chi connectivity index (χ0) is 20.0. The van der Waals surface area contributed by atoms with Crippen LogP contribution in [0.25, 0.3) is 0 Å². The average molecular weight is 500 g/mol. The molecular weight excluding hydrogens is 484 g/mol. The van der Waals surface area contributed by atoms with Gasteiger partial charge in [-0.1, -0.05) is 31.9 Å². The minimum Gasteiger partial charge on any atom is -0.354 e. The number of rotatable bonds is 9. The lowest BCUT2D eigenvalue weighted by Crippen LogP contribution is -2.32. The number of benzene rings is 2. The molecule has 1 atom stereocenters. The number of nitro groups is 1. The van der Waals surface area contributed by atoms with E-state index in [1.54, 1.807) is 31.2 Å². The van der Waals surface area contributed by atoms with Gasteiger partial charge in [-0.25, -0.2) is 0 Å². The maximum atomic E-state index is 12.7. The SMILES string of the molecule is CCOC(Nc1ccc(C(=O)C(Br)Br)cc1)C(=O)c1ccc([N+](=O)[O-])cc1. The fourth-order valence-corrected chi connectivity index (χ4v) is 2.79. The Kier molecular flexibility index (Phi) is 7.64. The second-order valence-electron chi connectivity index (χ2n) is 5.39. The zero-order valence-electron chi connectivity index (χ0n) is 14.2. The molecule has 0 aliphatic carbocycles. The summed E-state index contributed by atoms with van der Waals surface area (Å²) in [6.45, 7) is 2.05. The molecule has 7 nitrogen and oxygen atoms in total. The second-order valence-corrected chi connectivity index (χ2v) is 8.45. The Labute approximate surface area is 172 Å². The van der Waals surface area contributed by atoms with E-state index in [4.69, 9.17) is 4.74 Å². The van der Waals surface area contributed by atoms with Crippen LogP contribution in [0.1, 0.15) is 27.6 Å². The standard InChI is InChI=1S/C18H16Br2N2O5/c1-2-27-18(16(24)12-5-9-14(10-6-12)22(25)26)21-13-7-3-11(4-8-13)15(23)17(19)20/h3-10,17-18,21H,2H2,1H3. The van der Waals surface area contributed by atoms with E-state index >= 15 is 0 Å². The van der Waals surface area contributed by atoms with Crippen LogP contribution in [0.3, 0.4) is 0 Å². The van der Waals surface area contributed by atoms with Gasteiger partial charge in [0, 0.05) is 35.6 Å². The fourth-order valence-electron chi connectivity index (χ4n) is 2.26. The van der Waals surface area contributed by atoms with Crippen LogP contribution in [-0.4, -0.2) is 33.1 Å². The summed E-state index contributed by atoms with van der Waals surface area (Å²) in [4.78, 5) is 34.8. The number of carbonyl (C=O) groups excluding carboxylic acids is 2. The second kappa shape index (κ2) is 9.72.